The van der Waals surface area contributed by atoms with Crippen LogP contribution in [0.4, 0.5) is 0 Å². The molecule has 146 valence electrons. The lowest BCUT2D eigenvalue weighted by Gasteiger charge is -2.61. The van der Waals surface area contributed by atoms with Crippen LogP contribution in [0.3, 0.4) is 0 Å². The average molecular weight is 359 g/mol. The van der Waals surface area contributed by atoms with E-state index in [4.69, 9.17) is 4.74 Å². The number of carbonyl (C=O) groups is 1. The molecule has 0 aromatic heterocycles. The van der Waals surface area contributed by atoms with Crippen molar-refractivity contribution in [1.82, 2.24) is 0 Å². The molecule has 4 aliphatic carbocycles. The summed E-state index contributed by atoms with van der Waals surface area (Å²) in [6.45, 7) is 11.4. The number of ether oxygens (including phenoxy) is 1. The molecule has 4 fully saturated rings. The summed E-state index contributed by atoms with van der Waals surface area (Å²) in [5, 5.41) is 0. The molecule has 2 heteroatoms. The van der Waals surface area contributed by atoms with Crippen LogP contribution >= 0.6 is 0 Å². The van der Waals surface area contributed by atoms with Gasteiger partial charge in [0.15, 0.2) is 0 Å². The number of Topliss-reactive ketones (excluding diaryl/α,β-unsaturated/α-hetero) is 1. The molecule has 26 heavy (non-hydrogen) atoms. The number of rotatable bonds is 4. The van der Waals surface area contributed by atoms with Crippen molar-refractivity contribution in [1.29, 1.82) is 0 Å². The van der Waals surface area contributed by atoms with Gasteiger partial charge in [0.2, 0.25) is 0 Å². The predicted molar refractivity (Wildman–Crippen MR) is 106 cm³/mol. The topological polar surface area (TPSA) is 26.3 Å². The highest BCUT2D eigenvalue weighted by Gasteiger charge is 2.60. The minimum absolute atomic E-state index is 0.292. The second-order valence-electron chi connectivity index (χ2n) is 10.5. The maximum absolute atomic E-state index is 12.3. The fourth-order valence-electron chi connectivity index (χ4n) is 8.24. The fourth-order valence-corrected chi connectivity index (χ4v) is 8.24. The van der Waals surface area contributed by atoms with Crippen LogP contribution in [0.15, 0.2) is 12.7 Å². The molecule has 0 radical (unpaired) electrons. The Morgan fingerprint density at radius 1 is 1.04 bits per heavy atom. The van der Waals surface area contributed by atoms with E-state index < -0.39 is 0 Å². The van der Waals surface area contributed by atoms with Crippen LogP contribution in [0.2, 0.25) is 0 Å². The molecular weight excluding hydrogens is 320 g/mol. The molecule has 0 unspecified atom stereocenters. The van der Waals surface area contributed by atoms with E-state index in [0.29, 0.717) is 35.2 Å². The minimum atomic E-state index is 0.292. The van der Waals surface area contributed by atoms with Crippen LogP contribution in [0, 0.1) is 40.4 Å². The highest BCUT2D eigenvalue weighted by molar-refractivity contribution is 5.79. The Morgan fingerprint density at radius 3 is 2.50 bits per heavy atom. The van der Waals surface area contributed by atoms with Gasteiger partial charge >= 0.3 is 0 Å². The smallest absolute Gasteiger partial charge is 0.133 e. The number of carbonyl (C=O) groups excluding carboxylic acids is 1. The summed E-state index contributed by atoms with van der Waals surface area (Å²) in [7, 11) is 0. The van der Waals surface area contributed by atoms with Gasteiger partial charge in [-0.05, 0) is 99.2 Å². The van der Waals surface area contributed by atoms with Gasteiger partial charge in [-0.2, -0.15) is 0 Å². The highest BCUT2D eigenvalue weighted by Crippen LogP contribution is 2.67. The molecule has 0 bridgehead atoms. The summed E-state index contributed by atoms with van der Waals surface area (Å²) >= 11 is 0. The Labute approximate surface area is 160 Å². The SMILES string of the molecule is C=CCO[C@@H]1CC[C@@]2(C)[C@@H](CC[C@@H]3[C@@H]2CC[C@]2(C)[C@@H](C(C)=O)CC[C@@H]32)C1. The van der Waals surface area contributed by atoms with E-state index in [1.54, 1.807) is 0 Å². The molecule has 2 nitrogen and oxygen atoms in total. The van der Waals surface area contributed by atoms with Gasteiger partial charge in [-0.15, -0.1) is 6.58 Å². The Balaban J connectivity index is 1.52. The third-order valence-corrected chi connectivity index (χ3v) is 9.56. The van der Waals surface area contributed by atoms with E-state index in [-0.39, 0.29) is 0 Å². The molecule has 0 aliphatic heterocycles. The minimum Gasteiger partial charge on any atom is -0.374 e. The highest BCUT2D eigenvalue weighted by atomic mass is 16.5. The van der Waals surface area contributed by atoms with Crippen molar-refractivity contribution in [3.8, 4) is 0 Å². The van der Waals surface area contributed by atoms with Gasteiger partial charge in [0.25, 0.3) is 0 Å². The first kappa shape index (κ1) is 18.7. The summed E-state index contributed by atoms with van der Waals surface area (Å²) < 4.78 is 6.03. The first-order chi connectivity index (χ1) is 12.4. The lowest BCUT2D eigenvalue weighted by atomic mass is 9.44. The molecule has 0 aromatic rings. The first-order valence-corrected chi connectivity index (χ1v) is 11.1. The molecule has 0 saturated heterocycles. The van der Waals surface area contributed by atoms with E-state index in [0.717, 1.165) is 30.1 Å². The molecule has 0 N–H and O–H groups in total. The van der Waals surface area contributed by atoms with Gasteiger partial charge in [-0.3, -0.25) is 4.79 Å². The van der Waals surface area contributed by atoms with Gasteiger partial charge < -0.3 is 4.74 Å². The summed E-state index contributed by atoms with van der Waals surface area (Å²) in [5.41, 5.74) is 0.799. The maximum Gasteiger partial charge on any atom is 0.133 e. The van der Waals surface area contributed by atoms with Crippen LogP contribution in [0.5, 0.6) is 0 Å². The molecule has 0 heterocycles. The van der Waals surface area contributed by atoms with Crippen LogP contribution in [-0.2, 0) is 9.53 Å². The molecule has 8 atom stereocenters. The molecule has 4 aliphatic rings. The van der Waals surface area contributed by atoms with E-state index in [1.807, 2.05) is 13.0 Å². The fraction of sp³-hybridized carbons (Fsp3) is 0.875. The molecular formula is C24H38O2. The number of hydrogen-bond acceptors (Lipinski definition) is 2. The third kappa shape index (κ3) is 2.74. The lowest BCUT2D eigenvalue weighted by molar-refractivity contribution is -0.141. The molecule has 0 amide bonds. The summed E-state index contributed by atoms with van der Waals surface area (Å²) in [6.07, 6.45) is 14.0. The average Bonchev–Trinajstić information content (AvgIpc) is 2.97. The molecule has 0 aromatic carbocycles. The zero-order chi connectivity index (χ0) is 18.5. The van der Waals surface area contributed by atoms with Gasteiger partial charge in [-0.1, -0.05) is 19.9 Å². The summed E-state index contributed by atoms with van der Waals surface area (Å²) in [6, 6.07) is 0. The summed E-state index contributed by atoms with van der Waals surface area (Å²) in [5.74, 6) is 4.16. The Kier molecular flexibility index (Phi) is 4.87. The quantitative estimate of drug-likeness (QED) is 0.593. The van der Waals surface area contributed by atoms with E-state index in [9.17, 15) is 4.79 Å². The number of ketones is 1. The predicted octanol–water partition coefficient (Wildman–Crippen LogP) is 5.81. The number of fused-ring (bicyclic) bond motifs is 5. The molecule has 4 rings (SSSR count). The van der Waals surface area contributed by atoms with E-state index >= 15 is 0 Å². The zero-order valence-corrected chi connectivity index (χ0v) is 17.1. The van der Waals surface area contributed by atoms with Gasteiger partial charge in [0.05, 0.1) is 12.7 Å². The van der Waals surface area contributed by atoms with Crippen molar-refractivity contribution in [2.24, 2.45) is 40.4 Å². The lowest BCUT2D eigenvalue weighted by Crippen LogP contribution is -2.54. The van der Waals surface area contributed by atoms with Crippen LogP contribution in [-0.4, -0.2) is 18.5 Å². The van der Waals surface area contributed by atoms with Crippen LogP contribution in [0.1, 0.15) is 78.6 Å². The first-order valence-electron chi connectivity index (χ1n) is 11.1. The van der Waals surface area contributed by atoms with Crippen molar-refractivity contribution in [3.05, 3.63) is 12.7 Å². The Morgan fingerprint density at radius 2 is 1.77 bits per heavy atom. The Hall–Kier alpha value is -0.630. The molecule has 4 saturated carbocycles. The van der Waals surface area contributed by atoms with Crippen molar-refractivity contribution in [3.63, 3.8) is 0 Å². The Bertz CT molecular complexity index is 569. The largest absolute Gasteiger partial charge is 0.374 e. The maximum atomic E-state index is 12.3. The van der Waals surface area contributed by atoms with Crippen LogP contribution < -0.4 is 0 Å². The van der Waals surface area contributed by atoms with E-state index in [2.05, 4.69) is 20.4 Å². The second-order valence-corrected chi connectivity index (χ2v) is 10.5. The van der Waals surface area contributed by atoms with Gasteiger partial charge in [0, 0.05) is 5.92 Å². The van der Waals surface area contributed by atoms with Crippen LogP contribution in [0.25, 0.3) is 0 Å². The standard InChI is InChI=1S/C24H38O2/c1-5-14-26-18-10-12-23(3)17(15-18)6-7-19-21-9-8-20(16(2)25)24(21,4)13-11-22(19)23/h5,17-22H,1,6-15H2,2-4H3/t17-,18+,19-,20+,21-,22-,23-,24+/m0/s1. The molecule has 0 spiro atoms. The number of hydrogen-bond donors (Lipinski definition) is 0. The van der Waals surface area contributed by atoms with E-state index in [1.165, 1.54) is 51.4 Å². The van der Waals surface area contributed by atoms with Gasteiger partial charge in [0.1, 0.15) is 5.78 Å². The monoisotopic (exact) mass is 358 g/mol. The third-order valence-electron chi connectivity index (χ3n) is 9.56. The normalized spacial score (nSPS) is 50.4. The van der Waals surface area contributed by atoms with Crippen molar-refractivity contribution in [2.75, 3.05) is 6.61 Å². The second kappa shape index (κ2) is 6.76. The summed E-state index contributed by atoms with van der Waals surface area (Å²) in [4.78, 5) is 12.3. The van der Waals surface area contributed by atoms with Gasteiger partial charge in [-0.25, -0.2) is 0 Å². The van der Waals surface area contributed by atoms with Crippen molar-refractivity contribution in [2.45, 2.75) is 84.7 Å². The van der Waals surface area contributed by atoms with Crippen molar-refractivity contribution >= 4 is 5.78 Å². The van der Waals surface area contributed by atoms with Crippen molar-refractivity contribution < 1.29 is 9.53 Å². The zero-order valence-electron chi connectivity index (χ0n) is 17.1.